The maximum absolute atomic E-state index is 13.3. The fraction of sp³-hybridized carbons (Fsp3) is 0.364. The van der Waals surface area contributed by atoms with Crippen LogP contribution in [0.25, 0.3) is 16.6 Å². The van der Waals surface area contributed by atoms with Crippen LogP contribution in [0.1, 0.15) is 44.6 Å². The van der Waals surface area contributed by atoms with Crippen LogP contribution in [-0.4, -0.2) is 16.1 Å². The van der Waals surface area contributed by atoms with Crippen LogP contribution in [0.3, 0.4) is 0 Å². The first-order valence-electron chi connectivity index (χ1n) is 9.43. The fourth-order valence-corrected chi connectivity index (χ4v) is 3.23. The second-order valence-corrected chi connectivity index (χ2v) is 7.34. The normalized spacial score (nSPS) is 12.7. The molecular weight excluding hydrogens is 322 g/mol. The average molecular weight is 350 g/mol. The van der Waals surface area contributed by atoms with E-state index in [1.165, 1.54) is 5.56 Å². The summed E-state index contributed by atoms with van der Waals surface area (Å²) in [5.74, 6) is 1.42. The largest absolute Gasteiger partial charge is 0.337 e. The van der Waals surface area contributed by atoms with E-state index in [1.54, 1.807) is 4.57 Å². The van der Waals surface area contributed by atoms with Crippen LogP contribution in [0.15, 0.2) is 53.3 Å². The topological polar surface area (TPSA) is 51.5 Å². The smallest absolute Gasteiger partial charge is 0.266 e. The number of nitrogens with zero attached hydrogens (tertiary/aromatic N) is 2. The van der Waals surface area contributed by atoms with E-state index < -0.39 is 0 Å². The van der Waals surface area contributed by atoms with Crippen molar-refractivity contribution in [1.82, 2.24) is 9.55 Å². The lowest BCUT2D eigenvalue weighted by Crippen LogP contribution is -2.86. The lowest BCUT2D eigenvalue weighted by Gasteiger charge is -2.20. The first kappa shape index (κ1) is 18.3. The van der Waals surface area contributed by atoms with Gasteiger partial charge in [-0.3, -0.25) is 9.36 Å². The van der Waals surface area contributed by atoms with Crippen LogP contribution in [0.2, 0.25) is 0 Å². The second kappa shape index (κ2) is 7.83. The quantitative estimate of drug-likeness (QED) is 0.741. The van der Waals surface area contributed by atoms with Gasteiger partial charge in [-0.25, -0.2) is 4.98 Å². The first-order valence-corrected chi connectivity index (χ1v) is 9.43. The van der Waals surface area contributed by atoms with Crippen molar-refractivity contribution in [3.63, 3.8) is 0 Å². The van der Waals surface area contributed by atoms with Gasteiger partial charge in [0.1, 0.15) is 6.04 Å². The molecule has 0 saturated carbocycles. The molecule has 0 aliphatic heterocycles. The van der Waals surface area contributed by atoms with Gasteiger partial charge in [0.2, 0.25) is 0 Å². The highest BCUT2D eigenvalue weighted by Crippen LogP contribution is 2.18. The molecule has 2 N–H and O–H groups in total. The molecule has 1 heterocycles. The number of aryl methyl sites for hydroxylation is 1. The van der Waals surface area contributed by atoms with Gasteiger partial charge >= 0.3 is 0 Å². The number of hydrogen-bond acceptors (Lipinski definition) is 2. The summed E-state index contributed by atoms with van der Waals surface area (Å²) in [7, 11) is 0. The van der Waals surface area contributed by atoms with Crippen molar-refractivity contribution in [2.45, 2.75) is 40.2 Å². The molecule has 3 aromatic rings. The molecule has 4 nitrogen and oxygen atoms in total. The summed E-state index contributed by atoms with van der Waals surface area (Å²) >= 11 is 0. The Balaban J connectivity index is 2.23. The van der Waals surface area contributed by atoms with Gasteiger partial charge in [0.05, 0.1) is 23.1 Å². The van der Waals surface area contributed by atoms with Gasteiger partial charge in [0.15, 0.2) is 5.82 Å². The molecule has 26 heavy (non-hydrogen) atoms. The molecule has 136 valence electrons. The molecule has 0 radical (unpaired) electrons. The van der Waals surface area contributed by atoms with E-state index in [-0.39, 0.29) is 11.6 Å². The zero-order valence-electron chi connectivity index (χ0n) is 16.1. The van der Waals surface area contributed by atoms with E-state index >= 15 is 0 Å². The summed E-state index contributed by atoms with van der Waals surface area (Å²) in [6, 6.07) is 15.9. The highest BCUT2D eigenvalue weighted by molar-refractivity contribution is 5.77. The molecule has 1 atom stereocenters. The number of hydrogen-bond donors (Lipinski definition) is 1. The van der Waals surface area contributed by atoms with E-state index in [9.17, 15) is 4.79 Å². The Hall–Kier alpha value is -2.46. The Kier molecular flexibility index (Phi) is 5.52. The number of benzene rings is 2. The minimum Gasteiger partial charge on any atom is -0.337 e. The molecule has 0 amide bonds. The number of quaternary nitrogens is 1. The molecule has 3 rings (SSSR count). The molecule has 0 fully saturated rings. The fourth-order valence-electron chi connectivity index (χ4n) is 3.23. The van der Waals surface area contributed by atoms with Crippen molar-refractivity contribution in [2.24, 2.45) is 5.92 Å². The summed E-state index contributed by atoms with van der Waals surface area (Å²) in [5, 5.41) is 2.97. The van der Waals surface area contributed by atoms with Gasteiger partial charge in [-0.1, -0.05) is 50.6 Å². The molecule has 0 aliphatic rings. The van der Waals surface area contributed by atoms with E-state index in [2.05, 4.69) is 33.0 Å². The Morgan fingerprint density at radius 1 is 1.08 bits per heavy atom. The third-order valence-electron chi connectivity index (χ3n) is 4.76. The maximum atomic E-state index is 13.3. The standard InChI is InChI=1S/C22H27N3O/c1-5-19(23-14-15(2)3)21-24-20-9-7-6-8-18(20)22(26)25(21)17-12-10-16(4)11-13-17/h6-13,15,19,23H,5,14H2,1-4H3/p+1/t19-/m0/s1. The number of nitrogens with two attached hydrogens (primary N) is 1. The highest BCUT2D eigenvalue weighted by atomic mass is 16.1. The third kappa shape index (κ3) is 3.70. The minimum atomic E-state index is 0.00542. The van der Waals surface area contributed by atoms with Gasteiger partial charge in [0.25, 0.3) is 5.56 Å². The molecule has 0 aliphatic carbocycles. The number of rotatable bonds is 6. The predicted octanol–water partition coefficient (Wildman–Crippen LogP) is 3.36. The van der Waals surface area contributed by atoms with Gasteiger partial charge in [-0.2, -0.15) is 0 Å². The van der Waals surface area contributed by atoms with Gasteiger partial charge in [-0.05, 0) is 31.2 Å². The molecule has 2 aromatic carbocycles. The zero-order chi connectivity index (χ0) is 18.7. The van der Waals surface area contributed by atoms with Gasteiger partial charge in [0, 0.05) is 12.3 Å². The average Bonchev–Trinajstić information content (AvgIpc) is 2.63. The van der Waals surface area contributed by atoms with E-state index in [4.69, 9.17) is 4.98 Å². The SMILES string of the molecule is CC[C@H]([NH2+]CC(C)C)c1nc2ccccc2c(=O)n1-c1ccc(C)cc1. The van der Waals surface area contributed by atoms with E-state index in [0.717, 1.165) is 30.0 Å². The van der Waals surface area contributed by atoms with Gasteiger partial charge in [-0.15, -0.1) is 0 Å². The molecule has 0 saturated heterocycles. The van der Waals surface area contributed by atoms with Gasteiger partial charge < -0.3 is 5.32 Å². The zero-order valence-corrected chi connectivity index (χ0v) is 16.1. The van der Waals surface area contributed by atoms with Crippen LogP contribution in [-0.2, 0) is 0 Å². The van der Waals surface area contributed by atoms with Crippen LogP contribution in [0, 0.1) is 12.8 Å². The van der Waals surface area contributed by atoms with Crippen molar-refractivity contribution in [2.75, 3.05) is 6.54 Å². The first-order chi connectivity index (χ1) is 12.5. The summed E-state index contributed by atoms with van der Waals surface area (Å²) in [6.45, 7) is 9.64. The van der Waals surface area contributed by atoms with Crippen molar-refractivity contribution >= 4 is 10.9 Å². The Morgan fingerprint density at radius 3 is 2.42 bits per heavy atom. The number of aromatic nitrogens is 2. The molecule has 0 bridgehead atoms. The predicted molar refractivity (Wildman–Crippen MR) is 107 cm³/mol. The van der Waals surface area contributed by atoms with E-state index in [0.29, 0.717) is 11.3 Å². The molecule has 1 aromatic heterocycles. The Labute approximate surface area is 154 Å². The summed E-state index contributed by atoms with van der Waals surface area (Å²) in [6.07, 6.45) is 0.920. The number of para-hydroxylation sites is 1. The van der Waals surface area contributed by atoms with Crippen LogP contribution >= 0.6 is 0 Å². The molecular formula is C22H28N3O+. The third-order valence-corrected chi connectivity index (χ3v) is 4.76. The van der Waals surface area contributed by atoms with Crippen molar-refractivity contribution in [3.05, 3.63) is 70.3 Å². The van der Waals surface area contributed by atoms with E-state index in [1.807, 2.05) is 48.5 Å². The monoisotopic (exact) mass is 350 g/mol. The lowest BCUT2D eigenvalue weighted by atomic mass is 10.1. The lowest BCUT2D eigenvalue weighted by molar-refractivity contribution is -0.701. The van der Waals surface area contributed by atoms with Crippen LogP contribution < -0.4 is 10.9 Å². The summed E-state index contributed by atoms with van der Waals surface area (Å²) in [4.78, 5) is 18.2. The Bertz CT molecular complexity index is 942. The summed E-state index contributed by atoms with van der Waals surface area (Å²) in [5.41, 5.74) is 2.83. The highest BCUT2D eigenvalue weighted by Gasteiger charge is 2.22. The summed E-state index contributed by atoms with van der Waals surface area (Å²) < 4.78 is 1.80. The second-order valence-electron chi connectivity index (χ2n) is 7.34. The van der Waals surface area contributed by atoms with Crippen LogP contribution in [0.5, 0.6) is 0 Å². The maximum Gasteiger partial charge on any atom is 0.266 e. The minimum absolute atomic E-state index is 0.00542. The number of fused-ring (bicyclic) bond motifs is 1. The Morgan fingerprint density at radius 2 is 1.77 bits per heavy atom. The molecule has 0 unspecified atom stereocenters. The van der Waals surface area contributed by atoms with Crippen molar-refractivity contribution in [1.29, 1.82) is 0 Å². The molecule has 4 heteroatoms. The molecule has 0 spiro atoms. The van der Waals surface area contributed by atoms with Crippen LogP contribution in [0.4, 0.5) is 0 Å². The van der Waals surface area contributed by atoms with Crippen molar-refractivity contribution < 1.29 is 5.32 Å². The van der Waals surface area contributed by atoms with Crippen molar-refractivity contribution in [3.8, 4) is 5.69 Å².